The largest absolute Gasteiger partial charge is 0.452 e. The SMILES string of the molecule is Cc1cc(NC(=O)COC(=O)c2ccc(Cl)cc2)c(C)cc1Br. The second-order valence-corrected chi connectivity index (χ2v) is 6.34. The Morgan fingerprint density at radius 1 is 1.13 bits per heavy atom. The lowest BCUT2D eigenvalue weighted by atomic mass is 10.1. The summed E-state index contributed by atoms with van der Waals surface area (Å²) in [4.78, 5) is 23.8. The minimum Gasteiger partial charge on any atom is -0.452 e. The Morgan fingerprint density at radius 2 is 1.78 bits per heavy atom. The van der Waals surface area contributed by atoms with Crippen molar-refractivity contribution in [1.29, 1.82) is 0 Å². The number of hydrogen-bond acceptors (Lipinski definition) is 3. The van der Waals surface area contributed by atoms with Gasteiger partial charge in [-0.15, -0.1) is 0 Å². The molecule has 6 heteroatoms. The van der Waals surface area contributed by atoms with Crippen LogP contribution in [0, 0.1) is 13.8 Å². The van der Waals surface area contributed by atoms with Crippen LogP contribution in [0.25, 0.3) is 0 Å². The van der Waals surface area contributed by atoms with E-state index in [1.807, 2.05) is 26.0 Å². The van der Waals surface area contributed by atoms with Crippen molar-refractivity contribution in [3.63, 3.8) is 0 Å². The lowest BCUT2D eigenvalue weighted by molar-refractivity contribution is -0.119. The predicted octanol–water partition coefficient (Wildman–Crippen LogP) is 4.51. The molecule has 1 amide bonds. The minimum atomic E-state index is -0.569. The lowest BCUT2D eigenvalue weighted by Gasteiger charge is -2.11. The number of benzene rings is 2. The van der Waals surface area contributed by atoms with Crippen LogP contribution in [0.5, 0.6) is 0 Å². The molecule has 2 rings (SSSR count). The van der Waals surface area contributed by atoms with Gasteiger partial charge in [-0.05, 0) is 61.4 Å². The number of rotatable bonds is 4. The smallest absolute Gasteiger partial charge is 0.338 e. The zero-order valence-electron chi connectivity index (χ0n) is 12.7. The number of nitrogens with one attached hydrogen (secondary N) is 1. The summed E-state index contributed by atoms with van der Waals surface area (Å²) in [6.07, 6.45) is 0. The number of hydrogen-bond donors (Lipinski definition) is 1. The van der Waals surface area contributed by atoms with E-state index in [2.05, 4.69) is 21.2 Å². The number of carbonyl (C=O) groups is 2. The molecule has 0 fully saturated rings. The molecular weight excluding hydrogens is 382 g/mol. The summed E-state index contributed by atoms with van der Waals surface area (Å²) >= 11 is 9.19. The molecule has 2 aromatic rings. The van der Waals surface area contributed by atoms with Crippen LogP contribution in [0.4, 0.5) is 5.69 Å². The van der Waals surface area contributed by atoms with E-state index < -0.39 is 11.9 Å². The van der Waals surface area contributed by atoms with Crippen LogP contribution in [0.2, 0.25) is 5.02 Å². The molecule has 0 unspecified atom stereocenters. The molecule has 23 heavy (non-hydrogen) atoms. The molecule has 0 heterocycles. The zero-order valence-corrected chi connectivity index (χ0v) is 15.0. The highest BCUT2D eigenvalue weighted by Crippen LogP contribution is 2.24. The number of carbonyl (C=O) groups excluding carboxylic acids is 2. The summed E-state index contributed by atoms with van der Waals surface area (Å²) in [6, 6.07) is 10.1. The maximum atomic E-state index is 11.9. The number of ether oxygens (including phenoxy) is 1. The van der Waals surface area contributed by atoms with Gasteiger partial charge in [-0.2, -0.15) is 0 Å². The minimum absolute atomic E-state index is 0.345. The van der Waals surface area contributed by atoms with Crippen molar-refractivity contribution in [3.8, 4) is 0 Å². The third-order valence-electron chi connectivity index (χ3n) is 3.19. The molecule has 0 aliphatic rings. The molecule has 0 radical (unpaired) electrons. The fraction of sp³-hybridized carbons (Fsp3) is 0.176. The normalized spacial score (nSPS) is 10.3. The predicted molar refractivity (Wildman–Crippen MR) is 94.0 cm³/mol. The van der Waals surface area contributed by atoms with Gasteiger partial charge in [-0.1, -0.05) is 27.5 Å². The van der Waals surface area contributed by atoms with Crippen molar-refractivity contribution in [2.24, 2.45) is 0 Å². The Bertz CT molecular complexity index is 744. The topological polar surface area (TPSA) is 55.4 Å². The Balaban J connectivity index is 1.94. The van der Waals surface area contributed by atoms with E-state index in [9.17, 15) is 9.59 Å². The summed E-state index contributed by atoms with van der Waals surface area (Å²) in [5.74, 6) is -0.960. The fourth-order valence-corrected chi connectivity index (χ4v) is 2.49. The highest BCUT2D eigenvalue weighted by atomic mass is 79.9. The maximum Gasteiger partial charge on any atom is 0.338 e. The van der Waals surface area contributed by atoms with Gasteiger partial charge in [0.2, 0.25) is 0 Å². The molecule has 0 spiro atoms. The van der Waals surface area contributed by atoms with E-state index in [0.29, 0.717) is 16.3 Å². The van der Waals surface area contributed by atoms with Gasteiger partial charge in [-0.25, -0.2) is 4.79 Å². The highest BCUT2D eigenvalue weighted by Gasteiger charge is 2.11. The summed E-state index contributed by atoms with van der Waals surface area (Å²) in [6.45, 7) is 3.47. The van der Waals surface area contributed by atoms with Crippen LogP contribution in [0.15, 0.2) is 40.9 Å². The molecule has 2 aromatic carbocycles. The van der Waals surface area contributed by atoms with E-state index in [-0.39, 0.29) is 6.61 Å². The lowest BCUT2D eigenvalue weighted by Crippen LogP contribution is -2.21. The van der Waals surface area contributed by atoms with Gasteiger partial charge >= 0.3 is 5.97 Å². The van der Waals surface area contributed by atoms with Crippen molar-refractivity contribution in [2.45, 2.75) is 13.8 Å². The third-order valence-corrected chi connectivity index (χ3v) is 4.30. The average Bonchev–Trinajstić information content (AvgIpc) is 2.51. The number of halogens is 2. The molecule has 0 aromatic heterocycles. The number of amides is 1. The molecular formula is C17H15BrClNO3. The summed E-state index contributed by atoms with van der Waals surface area (Å²) in [5.41, 5.74) is 2.96. The summed E-state index contributed by atoms with van der Waals surface area (Å²) in [5, 5.41) is 3.26. The molecule has 0 aliphatic carbocycles. The van der Waals surface area contributed by atoms with Crippen molar-refractivity contribution in [1.82, 2.24) is 0 Å². The van der Waals surface area contributed by atoms with Crippen molar-refractivity contribution in [3.05, 3.63) is 62.6 Å². The van der Waals surface area contributed by atoms with Gasteiger partial charge < -0.3 is 10.1 Å². The van der Waals surface area contributed by atoms with Gasteiger partial charge in [0.05, 0.1) is 5.56 Å². The molecule has 0 aliphatic heterocycles. The van der Waals surface area contributed by atoms with Gasteiger partial charge in [0.1, 0.15) is 0 Å². The Hall–Kier alpha value is -1.85. The second kappa shape index (κ2) is 7.62. The van der Waals surface area contributed by atoms with Gasteiger partial charge in [-0.3, -0.25) is 4.79 Å². The molecule has 0 bridgehead atoms. The maximum absolute atomic E-state index is 11.9. The average molecular weight is 397 g/mol. The Labute approximate surface area is 147 Å². The first kappa shape index (κ1) is 17.5. The first-order chi connectivity index (χ1) is 10.9. The second-order valence-electron chi connectivity index (χ2n) is 5.05. The molecule has 120 valence electrons. The van der Waals surface area contributed by atoms with Crippen LogP contribution >= 0.6 is 27.5 Å². The standard InChI is InChI=1S/C17H15BrClNO3/c1-10-8-15(11(2)7-14(10)18)20-16(21)9-23-17(22)12-3-5-13(19)6-4-12/h3-8H,9H2,1-2H3,(H,20,21). The summed E-state index contributed by atoms with van der Waals surface area (Å²) in [7, 11) is 0. The van der Waals surface area contributed by atoms with Crippen molar-refractivity contribution >= 4 is 45.1 Å². The van der Waals surface area contributed by atoms with E-state index in [0.717, 1.165) is 15.6 Å². The van der Waals surface area contributed by atoms with Crippen LogP contribution < -0.4 is 5.32 Å². The van der Waals surface area contributed by atoms with Crippen molar-refractivity contribution < 1.29 is 14.3 Å². The fourth-order valence-electron chi connectivity index (χ4n) is 1.90. The van der Waals surface area contributed by atoms with Gasteiger partial charge in [0, 0.05) is 15.2 Å². The Morgan fingerprint density at radius 3 is 2.43 bits per heavy atom. The number of aryl methyl sites for hydroxylation is 2. The molecule has 1 N–H and O–H groups in total. The number of esters is 1. The van der Waals surface area contributed by atoms with Crippen molar-refractivity contribution in [2.75, 3.05) is 11.9 Å². The highest BCUT2D eigenvalue weighted by molar-refractivity contribution is 9.10. The quantitative estimate of drug-likeness (QED) is 0.773. The van der Waals surface area contributed by atoms with Gasteiger partial charge in [0.15, 0.2) is 6.61 Å². The molecule has 4 nitrogen and oxygen atoms in total. The summed E-state index contributed by atoms with van der Waals surface area (Å²) < 4.78 is 5.97. The monoisotopic (exact) mass is 395 g/mol. The van der Waals surface area contributed by atoms with Crippen LogP contribution in [-0.2, 0) is 9.53 Å². The first-order valence-corrected chi connectivity index (χ1v) is 8.03. The Kier molecular flexibility index (Phi) is 5.80. The van der Waals surface area contributed by atoms with Crippen LogP contribution in [0.1, 0.15) is 21.5 Å². The number of anilines is 1. The van der Waals surface area contributed by atoms with E-state index in [1.165, 1.54) is 0 Å². The molecule has 0 saturated heterocycles. The van der Waals surface area contributed by atoms with Crippen LogP contribution in [-0.4, -0.2) is 18.5 Å². The van der Waals surface area contributed by atoms with Gasteiger partial charge in [0.25, 0.3) is 5.91 Å². The van der Waals surface area contributed by atoms with E-state index >= 15 is 0 Å². The van der Waals surface area contributed by atoms with Crippen LogP contribution in [0.3, 0.4) is 0 Å². The third kappa shape index (κ3) is 4.81. The van der Waals surface area contributed by atoms with E-state index in [4.69, 9.17) is 16.3 Å². The first-order valence-electron chi connectivity index (χ1n) is 6.86. The van der Waals surface area contributed by atoms with E-state index in [1.54, 1.807) is 24.3 Å². The molecule has 0 saturated carbocycles. The molecule has 0 atom stereocenters. The zero-order chi connectivity index (χ0) is 17.0.